The van der Waals surface area contributed by atoms with Crippen molar-refractivity contribution in [2.45, 2.75) is 25.9 Å². The lowest BCUT2D eigenvalue weighted by molar-refractivity contribution is 0.157. The van der Waals surface area contributed by atoms with Crippen LogP contribution in [0, 0.1) is 6.92 Å². The van der Waals surface area contributed by atoms with Crippen molar-refractivity contribution in [1.29, 1.82) is 0 Å². The molecule has 1 saturated heterocycles. The molecule has 15 heavy (non-hydrogen) atoms. The van der Waals surface area contributed by atoms with Crippen molar-refractivity contribution in [3.63, 3.8) is 0 Å². The van der Waals surface area contributed by atoms with Gasteiger partial charge in [0.25, 0.3) is 0 Å². The maximum absolute atomic E-state index is 9.68. The number of ether oxygens (including phenoxy) is 1. The number of hydrogen-bond acceptors (Lipinski definition) is 3. The summed E-state index contributed by atoms with van der Waals surface area (Å²) in [5.74, 6) is 0.848. The third-order valence-corrected chi connectivity index (χ3v) is 2.69. The van der Waals surface area contributed by atoms with Crippen molar-refractivity contribution in [3.8, 4) is 11.5 Å². The van der Waals surface area contributed by atoms with Gasteiger partial charge in [-0.1, -0.05) is 6.07 Å². The third-order valence-electron chi connectivity index (χ3n) is 2.69. The zero-order chi connectivity index (χ0) is 10.7. The smallest absolute Gasteiger partial charge is 0.161 e. The highest BCUT2D eigenvalue weighted by Crippen LogP contribution is 2.28. The van der Waals surface area contributed by atoms with E-state index < -0.39 is 0 Å². The predicted octanol–water partition coefficient (Wildman–Crippen LogP) is 1.83. The average Bonchev–Trinajstić information content (AvgIpc) is 2.24. The van der Waals surface area contributed by atoms with E-state index in [1.807, 2.05) is 19.1 Å². The van der Waals surface area contributed by atoms with Crippen LogP contribution < -0.4 is 10.1 Å². The van der Waals surface area contributed by atoms with E-state index in [4.69, 9.17) is 4.74 Å². The van der Waals surface area contributed by atoms with Crippen LogP contribution in [-0.4, -0.2) is 24.3 Å². The van der Waals surface area contributed by atoms with E-state index in [9.17, 15) is 5.11 Å². The standard InChI is InChI=1S/C12H17NO2/c1-9-2-3-12(11(14)8-9)15-10-4-6-13-7-5-10/h2-3,8,10,13-14H,4-7H2,1H3. The average molecular weight is 207 g/mol. The number of phenolic OH excluding ortho intramolecular Hbond substituents is 1. The summed E-state index contributed by atoms with van der Waals surface area (Å²) in [7, 11) is 0. The fourth-order valence-corrected chi connectivity index (χ4v) is 1.82. The normalized spacial score (nSPS) is 17.7. The summed E-state index contributed by atoms with van der Waals surface area (Å²) in [6.07, 6.45) is 2.25. The second kappa shape index (κ2) is 4.53. The number of rotatable bonds is 2. The Balaban J connectivity index is 2.03. The van der Waals surface area contributed by atoms with Gasteiger partial charge in [0.1, 0.15) is 6.10 Å². The van der Waals surface area contributed by atoms with Crippen molar-refractivity contribution in [2.75, 3.05) is 13.1 Å². The molecule has 0 bridgehead atoms. The predicted molar refractivity (Wildman–Crippen MR) is 59.4 cm³/mol. The second-order valence-corrected chi connectivity index (χ2v) is 4.04. The van der Waals surface area contributed by atoms with Crippen LogP contribution in [0.5, 0.6) is 11.5 Å². The van der Waals surface area contributed by atoms with Gasteiger partial charge in [0, 0.05) is 0 Å². The van der Waals surface area contributed by atoms with Gasteiger partial charge >= 0.3 is 0 Å². The Kier molecular flexibility index (Phi) is 3.11. The highest BCUT2D eigenvalue weighted by atomic mass is 16.5. The summed E-state index contributed by atoms with van der Waals surface area (Å²) in [5.41, 5.74) is 1.05. The topological polar surface area (TPSA) is 41.5 Å². The monoisotopic (exact) mass is 207 g/mol. The highest BCUT2D eigenvalue weighted by Gasteiger charge is 2.15. The third kappa shape index (κ3) is 2.63. The molecule has 1 aromatic carbocycles. The number of benzene rings is 1. The molecule has 0 spiro atoms. The van der Waals surface area contributed by atoms with Crippen LogP contribution in [0.2, 0.25) is 0 Å². The Morgan fingerprint density at radius 2 is 2.07 bits per heavy atom. The lowest BCUT2D eigenvalue weighted by Gasteiger charge is -2.24. The summed E-state index contributed by atoms with van der Waals surface area (Å²) in [5, 5.41) is 13.0. The Bertz CT molecular complexity index is 332. The quantitative estimate of drug-likeness (QED) is 0.777. The van der Waals surface area contributed by atoms with Gasteiger partial charge in [-0.3, -0.25) is 0 Å². The minimum Gasteiger partial charge on any atom is -0.504 e. The summed E-state index contributed by atoms with van der Waals surface area (Å²) in [4.78, 5) is 0. The van der Waals surface area contributed by atoms with Gasteiger partial charge in [-0.15, -0.1) is 0 Å². The zero-order valence-electron chi connectivity index (χ0n) is 8.99. The minimum absolute atomic E-state index is 0.236. The summed E-state index contributed by atoms with van der Waals surface area (Å²) < 4.78 is 5.75. The maximum Gasteiger partial charge on any atom is 0.161 e. The molecule has 0 aromatic heterocycles. The van der Waals surface area contributed by atoms with Crippen molar-refractivity contribution >= 4 is 0 Å². The molecule has 1 heterocycles. The molecule has 82 valence electrons. The van der Waals surface area contributed by atoms with E-state index in [1.54, 1.807) is 6.07 Å². The van der Waals surface area contributed by atoms with Gasteiger partial charge in [0.2, 0.25) is 0 Å². The van der Waals surface area contributed by atoms with E-state index in [0.717, 1.165) is 31.5 Å². The molecular weight excluding hydrogens is 190 g/mol. The molecule has 0 radical (unpaired) electrons. The molecule has 1 aliphatic heterocycles. The van der Waals surface area contributed by atoms with Crippen LogP contribution in [0.15, 0.2) is 18.2 Å². The number of aromatic hydroxyl groups is 1. The first-order chi connectivity index (χ1) is 7.25. The van der Waals surface area contributed by atoms with Crippen LogP contribution in [0.4, 0.5) is 0 Å². The molecule has 3 heteroatoms. The van der Waals surface area contributed by atoms with Crippen molar-refractivity contribution in [3.05, 3.63) is 23.8 Å². The Morgan fingerprint density at radius 3 is 2.73 bits per heavy atom. The molecule has 1 aliphatic rings. The molecule has 0 amide bonds. The van der Waals surface area contributed by atoms with E-state index in [0.29, 0.717) is 5.75 Å². The van der Waals surface area contributed by atoms with E-state index >= 15 is 0 Å². The van der Waals surface area contributed by atoms with Gasteiger partial charge in [-0.25, -0.2) is 0 Å². The van der Waals surface area contributed by atoms with E-state index in [2.05, 4.69) is 5.32 Å². The Labute approximate surface area is 90.1 Å². The largest absolute Gasteiger partial charge is 0.504 e. The molecular formula is C12H17NO2. The molecule has 0 unspecified atom stereocenters. The molecule has 2 rings (SSSR count). The van der Waals surface area contributed by atoms with Crippen molar-refractivity contribution < 1.29 is 9.84 Å². The molecule has 3 nitrogen and oxygen atoms in total. The lowest BCUT2D eigenvalue weighted by atomic mass is 10.1. The van der Waals surface area contributed by atoms with Gasteiger partial charge in [-0.2, -0.15) is 0 Å². The van der Waals surface area contributed by atoms with Crippen LogP contribution in [0.3, 0.4) is 0 Å². The number of piperidine rings is 1. The maximum atomic E-state index is 9.68. The molecule has 1 aromatic rings. The number of hydrogen-bond donors (Lipinski definition) is 2. The minimum atomic E-state index is 0.236. The van der Waals surface area contributed by atoms with Crippen molar-refractivity contribution in [2.24, 2.45) is 0 Å². The SMILES string of the molecule is Cc1ccc(OC2CCNCC2)c(O)c1. The second-order valence-electron chi connectivity index (χ2n) is 4.04. The number of phenols is 1. The van der Waals surface area contributed by atoms with E-state index in [-0.39, 0.29) is 11.9 Å². The molecule has 2 N–H and O–H groups in total. The Morgan fingerprint density at radius 1 is 1.33 bits per heavy atom. The van der Waals surface area contributed by atoms with Crippen LogP contribution in [-0.2, 0) is 0 Å². The van der Waals surface area contributed by atoms with Gasteiger partial charge < -0.3 is 15.2 Å². The highest BCUT2D eigenvalue weighted by molar-refractivity contribution is 5.41. The summed E-state index contributed by atoms with van der Waals surface area (Å²) in [6, 6.07) is 5.53. The first-order valence-electron chi connectivity index (χ1n) is 5.43. The van der Waals surface area contributed by atoms with Crippen LogP contribution in [0.1, 0.15) is 18.4 Å². The van der Waals surface area contributed by atoms with Gasteiger partial charge in [0.15, 0.2) is 11.5 Å². The fraction of sp³-hybridized carbons (Fsp3) is 0.500. The molecule has 0 atom stereocenters. The summed E-state index contributed by atoms with van der Waals surface area (Å²) >= 11 is 0. The Hall–Kier alpha value is -1.22. The van der Waals surface area contributed by atoms with E-state index in [1.165, 1.54) is 0 Å². The molecule has 1 fully saturated rings. The van der Waals surface area contributed by atoms with Crippen LogP contribution >= 0.6 is 0 Å². The molecule has 0 aliphatic carbocycles. The first kappa shape index (κ1) is 10.3. The van der Waals surface area contributed by atoms with Crippen LogP contribution in [0.25, 0.3) is 0 Å². The van der Waals surface area contributed by atoms with Gasteiger partial charge in [-0.05, 0) is 50.6 Å². The fourth-order valence-electron chi connectivity index (χ4n) is 1.82. The molecule has 0 saturated carbocycles. The summed E-state index contributed by atoms with van der Waals surface area (Å²) in [6.45, 7) is 3.95. The number of aryl methyl sites for hydroxylation is 1. The van der Waals surface area contributed by atoms with Crippen molar-refractivity contribution in [1.82, 2.24) is 5.32 Å². The lowest BCUT2D eigenvalue weighted by Crippen LogP contribution is -2.34. The zero-order valence-corrected chi connectivity index (χ0v) is 8.99. The van der Waals surface area contributed by atoms with Gasteiger partial charge in [0.05, 0.1) is 0 Å². The first-order valence-corrected chi connectivity index (χ1v) is 5.43. The number of nitrogens with one attached hydrogen (secondary N) is 1.